The summed E-state index contributed by atoms with van der Waals surface area (Å²) in [6.07, 6.45) is 0. The molecule has 4 N–H and O–H groups in total. The minimum Gasteiger partial charge on any atom is -0.398 e. The summed E-state index contributed by atoms with van der Waals surface area (Å²) in [5.41, 5.74) is 6.06. The normalized spacial score (nSPS) is 10.9. The topological polar surface area (TPSA) is 101 Å². The smallest absolute Gasteiger partial charge is 0.333 e. The summed E-state index contributed by atoms with van der Waals surface area (Å²) in [7, 11) is -4.03. The van der Waals surface area contributed by atoms with E-state index in [1.54, 1.807) is 30.3 Å². The molecule has 0 aliphatic rings. The van der Waals surface area contributed by atoms with Crippen LogP contribution in [-0.2, 0) is 10.0 Å². The number of sulfonamides is 1. The molecule has 2 aromatic carbocycles. The number of nitrogens with two attached hydrogens (primary N) is 1. The zero-order valence-electron chi connectivity index (χ0n) is 10.7. The first kappa shape index (κ1) is 15.1. The van der Waals surface area contributed by atoms with E-state index in [-0.39, 0.29) is 10.6 Å². The van der Waals surface area contributed by atoms with Crippen molar-refractivity contribution in [1.29, 1.82) is 0 Å². The average molecular weight is 326 g/mol. The molecule has 0 atom stereocenters. The fraction of sp³-hybridized carbons (Fsp3) is 0. The van der Waals surface area contributed by atoms with Crippen LogP contribution in [0, 0.1) is 0 Å². The van der Waals surface area contributed by atoms with Crippen molar-refractivity contribution in [2.45, 2.75) is 4.90 Å². The third kappa shape index (κ3) is 3.87. The van der Waals surface area contributed by atoms with Crippen LogP contribution >= 0.6 is 11.6 Å². The van der Waals surface area contributed by atoms with Crippen LogP contribution in [0.25, 0.3) is 0 Å². The highest BCUT2D eigenvalue weighted by Crippen LogP contribution is 2.17. The third-order valence-electron chi connectivity index (χ3n) is 2.54. The summed E-state index contributed by atoms with van der Waals surface area (Å²) in [6.45, 7) is 0. The van der Waals surface area contributed by atoms with E-state index in [9.17, 15) is 13.2 Å². The van der Waals surface area contributed by atoms with Gasteiger partial charge in [-0.1, -0.05) is 23.7 Å². The van der Waals surface area contributed by atoms with Crippen molar-refractivity contribution in [2.75, 3.05) is 11.1 Å². The lowest BCUT2D eigenvalue weighted by Crippen LogP contribution is -2.34. The lowest BCUT2D eigenvalue weighted by molar-refractivity contribution is 0.256. The van der Waals surface area contributed by atoms with Crippen LogP contribution in [-0.4, -0.2) is 14.4 Å². The summed E-state index contributed by atoms with van der Waals surface area (Å²) in [4.78, 5) is 11.6. The second-order valence-corrected chi connectivity index (χ2v) is 6.19. The van der Waals surface area contributed by atoms with E-state index >= 15 is 0 Å². The van der Waals surface area contributed by atoms with Crippen molar-refractivity contribution < 1.29 is 13.2 Å². The van der Waals surface area contributed by atoms with Gasteiger partial charge in [0, 0.05) is 10.7 Å². The number of carbonyl (C=O) groups excluding carboxylic acids is 1. The van der Waals surface area contributed by atoms with E-state index in [1.807, 2.05) is 4.72 Å². The minimum atomic E-state index is -4.03. The van der Waals surface area contributed by atoms with Crippen molar-refractivity contribution in [2.24, 2.45) is 0 Å². The number of urea groups is 1. The molecular formula is C13H12ClN3O3S. The summed E-state index contributed by atoms with van der Waals surface area (Å²) in [5.74, 6) is 0. The van der Waals surface area contributed by atoms with Gasteiger partial charge in [0.1, 0.15) is 4.90 Å². The molecule has 0 bridgehead atoms. The van der Waals surface area contributed by atoms with Gasteiger partial charge < -0.3 is 11.1 Å². The number of anilines is 2. The van der Waals surface area contributed by atoms with Gasteiger partial charge in [-0.2, -0.15) is 0 Å². The molecule has 0 fully saturated rings. The van der Waals surface area contributed by atoms with Gasteiger partial charge in [0.25, 0.3) is 10.0 Å². The monoisotopic (exact) mass is 325 g/mol. The molecule has 0 radical (unpaired) electrons. The minimum absolute atomic E-state index is 0.0595. The Balaban J connectivity index is 2.12. The van der Waals surface area contributed by atoms with E-state index in [0.717, 1.165) is 0 Å². The van der Waals surface area contributed by atoms with Crippen LogP contribution in [0.4, 0.5) is 16.2 Å². The van der Waals surface area contributed by atoms with Gasteiger partial charge in [0.05, 0.1) is 5.69 Å². The van der Waals surface area contributed by atoms with Crippen molar-refractivity contribution in [1.82, 2.24) is 4.72 Å². The van der Waals surface area contributed by atoms with Crippen molar-refractivity contribution >= 4 is 39.0 Å². The first-order valence-corrected chi connectivity index (χ1v) is 7.68. The van der Waals surface area contributed by atoms with Crippen molar-refractivity contribution in [3.63, 3.8) is 0 Å². The number of benzene rings is 2. The van der Waals surface area contributed by atoms with Gasteiger partial charge in [0.2, 0.25) is 0 Å². The van der Waals surface area contributed by atoms with E-state index < -0.39 is 16.1 Å². The molecule has 0 spiro atoms. The molecule has 8 heteroatoms. The summed E-state index contributed by atoms with van der Waals surface area (Å²) in [6, 6.07) is 11.2. The zero-order chi connectivity index (χ0) is 15.5. The summed E-state index contributed by atoms with van der Waals surface area (Å²) >= 11 is 5.71. The second kappa shape index (κ2) is 6.02. The van der Waals surface area contributed by atoms with Crippen LogP contribution in [0.1, 0.15) is 0 Å². The molecule has 0 saturated carbocycles. The van der Waals surface area contributed by atoms with Gasteiger partial charge in [0.15, 0.2) is 0 Å². The standard InChI is InChI=1S/C13H12ClN3O3S/c14-9-5-7-10(8-6-9)16-13(18)17-21(19,20)12-4-2-1-3-11(12)15/h1-8H,15H2,(H2,16,17,18). The van der Waals surface area contributed by atoms with E-state index in [1.165, 1.54) is 18.2 Å². The van der Waals surface area contributed by atoms with Crippen molar-refractivity contribution in [3.8, 4) is 0 Å². The van der Waals surface area contributed by atoms with Crippen LogP contribution < -0.4 is 15.8 Å². The highest BCUT2D eigenvalue weighted by atomic mass is 35.5. The number of nitrogen functional groups attached to an aromatic ring is 1. The van der Waals surface area contributed by atoms with Gasteiger partial charge in [-0.15, -0.1) is 0 Å². The molecule has 0 saturated heterocycles. The SMILES string of the molecule is Nc1ccccc1S(=O)(=O)NC(=O)Nc1ccc(Cl)cc1. The molecular weight excluding hydrogens is 314 g/mol. The molecule has 2 amide bonds. The van der Waals surface area contributed by atoms with Crippen LogP contribution in [0.5, 0.6) is 0 Å². The number of nitrogens with one attached hydrogen (secondary N) is 2. The van der Waals surface area contributed by atoms with Crippen LogP contribution in [0.3, 0.4) is 0 Å². The van der Waals surface area contributed by atoms with E-state index in [2.05, 4.69) is 5.32 Å². The fourth-order valence-corrected chi connectivity index (χ4v) is 2.76. The van der Waals surface area contributed by atoms with Crippen molar-refractivity contribution in [3.05, 3.63) is 53.6 Å². The number of carbonyl (C=O) groups is 1. The molecule has 0 heterocycles. The molecule has 0 unspecified atom stereocenters. The highest BCUT2D eigenvalue weighted by Gasteiger charge is 2.19. The Kier molecular flexibility index (Phi) is 4.35. The Bertz CT molecular complexity index is 760. The summed E-state index contributed by atoms with van der Waals surface area (Å²) < 4.78 is 26.0. The van der Waals surface area contributed by atoms with Gasteiger partial charge >= 0.3 is 6.03 Å². The highest BCUT2D eigenvalue weighted by molar-refractivity contribution is 7.90. The Morgan fingerprint density at radius 3 is 2.29 bits per heavy atom. The zero-order valence-corrected chi connectivity index (χ0v) is 12.3. The molecule has 0 aromatic heterocycles. The Morgan fingerprint density at radius 2 is 1.67 bits per heavy atom. The predicted molar refractivity (Wildman–Crippen MR) is 81.6 cm³/mol. The lowest BCUT2D eigenvalue weighted by atomic mass is 10.3. The predicted octanol–water partition coefficient (Wildman–Crippen LogP) is 2.43. The van der Waals surface area contributed by atoms with Gasteiger partial charge in [-0.3, -0.25) is 0 Å². The Labute approximate surface area is 127 Å². The number of amides is 2. The largest absolute Gasteiger partial charge is 0.398 e. The van der Waals surface area contributed by atoms with E-state index in [4.69, 9.17) is 17.3 Å². The Hall–Kier alpha value is -2.25. The lowest BCUT2D eigenvalue weighted by Gasteiger charge is -2.10. The van der Waals surface area contributed by atoms with E-state index in [0.29, 0.717) is 10.7 Å². The fourth-order valence-electron chi connectivity index (χ4n) is 1.59. The number of hydrogen-bond acceptors (Lipinski definition) is 4. The first-order valence-electron chi connectivity index (χ1n) is 5.82. The maximum Gasteiger partial charge on any atom is 0.333 e. The third-order valence-corrected chi connectivity index (χ3v) is 4.19. The molecule has 6 nitrogen and oxygen atoms in total. The maximum absolute atomic E-state index is 12.0. The summed E-state index contributed by atoms with van der Waals surface area (Å²) in [5, 5.41) is 2.89. The van der Waals surface area contributed by atoms with Crippen LogP contribution in [0.2, 0.25) is 5.02 Å². The number of para-hydroxylation sites is 1. The maximum atomic E-state index is 12.0. The molecule has 2 aromatic rings. The average Bonchev–Trinajstić information content (AvgIpc) is 2.41. The molecule has 110 valence electrons. The molecule has 2 rings (SSSR count). The van der Waals surface area contributed by atoms with Crippen LogP contribution in [0.15, 0.2) is 53.4 Å². The molecule has 0 aliphatic heterocycles. The second-order valence-electron chi connectivity index (χ2n) is 4.10. The number of halogens is 1. The molecule has 0 aliphatic carbocycles. The number of rotatable bonds is 3. The van der Waals surface area contributed by atoms with Gasteiger partial charge in [-0.05, 0) is 36.4 Å². The van der Waals surface area contributed by atoms with Gasteiger partial charge in [-0.25, -0.2) is 17.9 Å². The Morgan fingerprint density at radius 1 is 1.05 bits per heavy atom. The molecule has 21 heavy (non-hydrogen) atoms. The number of hydrogen-bond donors (Lipinski definition) is 3. The first-order chi connectivity index (χ1) is 9.88. The quantitative estimate of drug-likeness (QED) is 0.754.